The van der Waals surface area contributed by atoms with E-state index >= 15 is 0 Å². The van der Waals surface area contributed by atoms with Gasteiger partial charge in [-0.3, -0.25) is 9.59 Å². The standard InChI is InChI=1S/C27H26F3N3O4/c28-27(29,30)19-6-2-9-22(14-19)33-26(35)18-5-1-8-21(13-18)32-25(34)16-31-20-7-3-10-23(15-20)37-17-24-11-4-12-36-24/h1-3,5-10,13-15,24,31H,4,11-12,16-17H2,(H,32,34)(H,33,35). The molecule has 1 saturated heterocycles. The number of anilines is 3. The summed E-state index contributed by atoms with van der Waals surface area (Å²) in [4.78, 5) is 25.0. The molecule has 3 aromatic carbocycles. The summed E-state index contributed by atoms with van der Waals surface area (Å²) >= 11 is 0. The molecule has 1 fully saturated rings. The Morgan fingerprint density at radius 3 is 2.41 bits per heavy atom. The minimum Gasteiger partial charge on any atom is -0.491 e. The summed E-state index contributed by atoms with van der Waals surface area (Å²) in [7, 11) is 0. The predicted molar refractivity (Wildman–Crippen MR) is 134 cm³/mol. The van der Waals surface area contributed by atoms with E-state index in [1.165, 1.54) is 24.3 Å². The molecule has 0 saturated carbocycles. The second-order valence-corrected chi connectivity index (χ2v) is 8.49. The van der Waals surface area contributed by atoms with Crippen molar-refractivity contribution >= 4 is 28.9 Å². The maximum Gasteiger partial charge on any atom is 0.416 e. The number of alkyl halides is 3. The van der Waals surface area contributed by atoms with Gasteiger partial charge in [-0.15, -0.1) is 0 Å². The highest BCUT2D eigenvalue weighted by molar-refractivity contribution is 6.05. The molecule has 1 aliphatic rings. The molecule has 1 heterocycles. The van der Waals surface area contributed by atoms with Crippen LogP contribution in [0.1, 0.15) is 28.8 Å². The molecule has 1 atom stereocenters. The van der Waals surface area contributed by atoms with Gasteiger partial charge in [-0.2, -0.15) is 13.2 Å². The van der Waals surface area contributed by atoms with Crippen molar-refractivity contribution in [3.63, 3.8) is 0 Å². The first-order valence-electron chi connectivity index (χ1n) is 11.7. The zero-order valence-corrected chi connectivity index (χ0v) is 19.8. The number of rotatable bonds is 9. The average Bonchev–Trinajstić information content (AvgIpc) is 3.40. The molecule has 0 aliphatic carbocycles. The highest BCUT2D eigenvalue weighted by atomic mass is 19.4. The fourth-order valence-electron chi connectivity index (χ4n) is 3.76. The lowest BCUT2D eigenvalue weighted by Gasteiger charge is -2.13. The van der Waals surface area contributed by atoms with E-state index in [9.17, 15) is 22.8 Å². The number of hydrogen-bond acceptors (Lipinski definition) is 5. The molecule has 3 N–H and O–H groups in total. The number of benzene rings is 3. The van der Waals surface area contributed by atoms with Gasteiger partial charge in [0.05, 0.1) is 18.2 Å². The Kier molecular flexibility index (Phi) is 8.29. The minimum absolute atomic E-state index is 0.0143. The van der Waals surface area contributed by atoms with Crippen LogP contribution in [0.4, 0.5) is 30.2 Å². The summed E-state index contributed by atoms with van der Waals surface area (Å²) < 4.78 is 50.1. The maximum atomic E-state index is 12.9. The van der Waals surface area contributed by atoms with Gasteiger partial charge in [-0.1, -0.05) is 18.2 Å². The van der Waals surface area contributed by atoms with Crippen LogP contribution in [0.25, 0.3) is 0 Å². The molecular formula is C27H26F3N3O4. The topological polar surface area (TPSA) is 88.7 Å². The normalized spacial score (nSPS) is 15.2. The van der Waals surface area contributed by atoms with E-state index in [2.05, 4.69) is 16.0 Å². The number of amides is 2. The second-order valence-electron chi connectivity index (χ2n) is 8.49. The first-order chi connectivity index (χ1) is 17.8. The molecule has 10 heteroatoms. The Hall–Kier alpha value is -4.05. The van der Waals surface area contributed by atoms with Gasteiger partial charge < -0.3 is 25.4 Å². The Labute approximate surface area is 212 Å². The SMILES string of the molecule is O=C(CNc1cccc(OCC2CCCO2)c1)Nc1cccc(C(=O)Nc2cccc(C(F)(F)F)c2)c1. The van der Waals surface area contributed by atoms with Gasteiger partial charge in [0.1, 0.15) is 12.4 Å². The van der Waals surface area contributed by atoms with E-state index in [4.69, 9.17) is 9.47 Å². The lowest BCUT2D eigenvalue weighted by atomic mass is 10.1. The van der Waals surface area contributed by atoms with E-state index in [0.717, 1.165) is 31.6 Å². The van der Waals surface area contributed by atoms with Crippen molar-refractivity contribution in [1.29, 1.82) is 0 Å². The smallest absolute Gasteiger partial charge is 0.416 e. The fourth-order valence-corrected chi connectivity index (χ4v) is 3.76. The third-order valence-electron chi connectivity index (χ3n) is 5.60. The van der Waals surface area contributed by atoms with Gasteiger partial charge in [0.25, 0.3) is 5.91 Å². The van der Waals surface area contributed by atoms with Crippen molar-refractivity contribution in [2.45, 2.75) is 25.1 Å². The van der Waals surface area contributed by atoms with Crippen LogP contribution >= 0.6 is 0 Å². The van der Waals surface area contributed by atoms with Gasteiger partial charge in [-0.05, 0) is 61.4 Å². The van der Waals surface area contributed by atoms with Crippen LogP contribution in [0.5, 0.6) is 5.75 Å². The average molecular weight is 514 g/mol. The summed E-state index contributed by atoms with van der Waals surface area (Å²) in [5.74, 6) is -0.283. The largest absolute Gasteiger partial charge is 0.491 e. The van der Waals surface area contributed by atoms with Crippen LogP contribution in [-0.4, -0.2) is 37.7 Å². The van der Waals surface area contributed by atoms with Crippen molar-refractivity contribution in [1.82, 2.24) is 0 Å². The molecule has 7 nitrogen and oxygen atoms in total. The highest BCUT2D eigenvalue weighted by Crippen LogP contribution is 2.30. The van der Waals surface area contributed by atoms with Crippen molar-refractivity contribution in [3.05, 3.63) is 83.9 Å². The summed E-state index contributed by atoms with van der Waals surface area (Å²) in [5.41, 5.74) is 0.407. The summed E-state index contributed by atoms with van der Waals surface area (Å²) in [6.45, 7) is 1.20. The van der Waals surface area contributed by atoms with E-state index in [0.29, 0.717) is 23.7 Å². The molecular weight excluding hydrogens is 487 g/mol. The van der Waals surface area contributed by atoms with Crippen LogP contribution in [0.3, 0.4) is 0 Å². The van der Waals surface area contributed by atoms with E-state index < -0.39 is 17.6 Å². The first-order valence-corrected chi connectivity index (χ1v) is 11.7. The summed E-state index contributed by atoms with van der Waals surface area (Å²) in [6.07, 6.45) is -2.40. The number of nitrogens with one attached hydrogen (secondary N) is 3. The van der Waals surface area contributed by atoms with E-state index in [1.807, 2.05) is 18.2 Å². The molecule has 0 spiro atoms. The highest BCUT2D eigenvalue weighted by Gasteiger charge is 2.30. The van der Waals surface area contributed by atoms with Gasteiger partial charge in [0.15, 0.2) is 0 Å². The first kappa shape index (κ1) is 26.0. The second kappa shape index (κ2) is 11.8. The molecule has 0 radical (unpaired) electrons. The van der Waals surface area contributed by atoms with Crippen molar-refractivity contribution in [3.8, 4) is 5.75 Å². The van der Waals surface area contributed by atoms with Crippen molar-refractivity contribution in [2.24, 2.45) is 0 Å². The monoisotopic (exact) mass is 513 g/mol. The quantitative estimate of drug-likeness (QED) is 0.348. The molecule has 3 aromatic rings. The molecule has 2 amide bonds. The zero-order chi connectivity index (χ0) is 26.3. The van der Waals surface area contributed by atoms with Crippen LogP contribution in [0.15, 0.2) is 72.8 Å². The minimum atomic E-state index is -4.52. The Bertz CT molecular complexity index is 1240. The Balaban J connectivity index is 1.29. The van der Waals surface area contributed by atoms with Gasteiger partial charge in [-0.25, -0.2) is 0 Å². The third-order valence-corrected chi connectivity index (χ3v) is 5.60. The molecule has 1 aliphatic heterocycles. The molecule has 4 rings (SSSR count). The fraction of sp³-hybridized carbons (Fsp3) is 0.259. The summed E-state index contributed by atoms with van der Waals surface area (Å²) in [5, 5.41) is 8.17. The number of carbonyl (C=O) groups is 2. The predicted octanol–water partition coefficient (Wildman–Crippen LogP) is 5.57. The number of hydrogen-bond donors (Lipinski definition) is 3. The van der Waals surface area contributed by atoms with Crippen LogP contribution in [0.2, 0.25) is 0 Å². The summed E-state index contributed by atoms with van der Waals surface area (Å²) in [6, 6.07) is 17.7. The van der Waals surface area contributed by atoms with Gasteiger partial charge in [0.2, 0.25) is 5.91 Å². The molecule has 37 heavy (non-hydrogen) atoms. The van der Waals surface area contributed by atoms with Crippen LogP contribution in [0, 0.1) is 0 Å². The van der Waals surface area contributed by atoms with Crippen molar-refractivity contribution in [2.75, 3.05) is 35.7 Å². The zero-order valence-electron chi connectivity index (χ0n) is 19.8. The Morgan fingerprint density at radius 1 is 0.919 bits per heavy atom. The molecule has 194 valence electrons. The van der Waals surface area contributed by atoms with Crippen LogP contribution < -0.4 is 20.7 Å². The molecule has 0 aromatic heterocycles. The lowest BCUT2D eigenvalue weighted by molar-refractivity contribution is -0.137. The molecule has 1 unspecified atom stereocenters. The Morgan fingerprint density at radius 2 is 1.65 bits per heavy atom. The number of carbonyl (C=O) groups excluding carboxylic acids is 2. The lowest BCUT2D eigenvalue weighted by Crippen LogP contribution is -2.22. The van der Waals surface area contributed by atoms with E-state index in [1.54, 1.807) is 18.2 Å². The molecule has 0 bridgehead atoms. The number of halogens is 3. The van der Waals surface area contributed by atoms with Gasteiger partial charge >= 0.3 is 6.18 Å². The van der Waals surface area contributed by atoms with E-state index in [-0.39, 0.29) is 29.8 Å². The maximum absolute atomic E-state index is 12.9. The third kappa shape index (κ3) is 7.71. The van der Waals surface area contributed by atoms with Gasteiger partial charge in [0, 0.05) is 35.3 Å². The van der Waals surface area contributed by atoms with Crippen molar-refractivity contribution < 1.29 is 32.2 Å². The van der Waals surface area contributed by atoms with Crippen LogP contribution in [-0.2, 0) is 15.7 Å². The number of ether oxygens (including phenoxy) is 2.